The molecule has 2 aromatic rings. The summed E-state index contributed by atoms with van der Waals surface area (Å²) in [4.78, 5) is 39.2. The summed E-state index contributed by atoms with van der Waals surface area (Å²) in [5.74, 6) is -0.582. The fraction of sp³-hybridized carbons (Fsp3) is 0.419. The molecule has 0 aliphatic carbocycles. The molecule has 1 N–H and O–H groups in total. The van der Waals surface area contributed by atoms with Gasteiger partial charge in [0.05, 0.1) is 35.7 Å². The van der Waals surface area contributed by atoms with Gasteiger partial charge in [-0.3, -0.25) is 15.0 Å². The highest BCUT2D eigenvalue weighted by atomic mass is 16.6. The van der Waals surface area contributed by atoms with E-state index in [0.717, 1.165) is 37.3 Å². The molecule has 4 rings (SSSR count). The summed E-state index contributed by atoms with van der Waals surface area (Å²) in [5.41, 5.74) is 1.73. The molecule has 2 atom stereocenters. The molecule has 224 valence electrons. The summed E-state index contributed by atoms with van der Waals surface area (Å²) in [6.07, 6.45) is 3.28. The quantitative estimate of drug-likeness (QED) is 0.161. The number of nitrogens with zero attached hydrogens (tertiary/aromatic N) is 2. The van der Waals surface area contributed by atoms with Gasteiger partial charge in [-0.25, -0.2) is 9.59 Å². The minimum Gasteiger partial charge on any atom is -0.484 e. The van der Waals surface area contributed by atoms with Gasteiger partial charge in [0.15, 0.2) is 17.7 Å². The smallest absolute Gasteiger partial charge is 0.336 e. The van der Waals surface area contributed by atoms with E-state index in [1.54, 1.807) is 19.9 Å². The van der Waals surface area contributed by atoms with E-state index in [4.69, 9.17) is 18.9 Å². The number of benzene rings is 2. The summed E-state index contributed by atoms with van der Waals surface area (Å²) in [6.45, 7) is 4.93. The van der Waals surface area contributed by atoms with Crippen LogP contribution in [0.1, 0.15) is 51.0 Å². The van der Waals surface area contributed by atoms with E-state index in [-0.39, 0.29) is 29.7 Å². The Bertz CT molecular complexity index is 1390. The fourth-order valence-corrected chi connectivity index (χ4v) is 5.23. The summed E-state index contributed by atoms with van der Waals surface area (Å²) < 4.78 is 22.5. The normalized spacial score (nSPS) is 18.0. The Kier molecular flexibility index (Phi) is 10.2. The molecule has 0 amide bonds. The number of allylic oxidation sites excluding steroid dienone is 2. The molecule has 2 aliphatic rings. The molecule has 2 aromatic carbocycles. The van der Waals surface area contributed by atoms with Crippen molar-refractivity contribution in [2.24, 2.45) is 0 Å². The van der Waals surface area contributed by atoms with Gasteiger partial charge >= 0.3 is 11.9 Å². The maximum absolute atomic E-state index is 13.4. The van der Waals surface area contributed by atoms with Crippen LogP contribution in [0.3, 0.4) is 0 Å². The van der Waals surface area contributed by atoms with E-state index in [9.17, 15) is 19.7 Å². The third-order valence-electron chi connectivity index (χ3n) is 7.42. The first-order chi connectivity index (χ1) is 20.2. The number of unbranched alkanes of at least 4 members (excludes halogenated alkanes) is 3. The molecule has 0 fully saturated rings. The Morgan fingerprint density at radius 2 is 1.69 bits per heavy atom. The highest BCUT2D eigenvalue weighted by Crippen LogP contribution is 2.40. The lowest BCUT2D eigenvalue weighted by Gasteiger charge is -2.32. The molecule has 0 bridgehead atoms. The Morgan fingerprint density at radius 3 is 2.40 bits per heavy atom. The average Bonchev–Trinajstić information content (AvgIpc) is 2.99. The number of carbonyl (C=O) groups excluding carboxylic acids is 2. The molecule has 2 aliphatic heterocycles. The van der Waals surface area contributed by atoms with Crippen molar-refractivity contribution < 1.29 is 33.5 Å². The molecule has 42 heavy (non-hydrogen) atoms. The van der Waals surface area contributed by atoms with E-state index in [1.165, 1.54) is 25.3 Å². The zero-order valence-electron chi connectivity index (χ0n) is 24.4. The second kappa shape index (κ2) is 14.0. The molecule has 0 spiro atoms. The van der Waals surface area contributed by atoms with Crippen molar-refractivity contribution in [1.29, 1.82) is 0 Å². The number of carbonyl (C=O) groups is 2. The van der Waals surface area contributed by atoms with Gasteiger partial charge in [0, 0.05) is 30.1 Å². The predicted molar refractivity (Wildman–Crippen MR) is 155 cm³/mol. The molecule has 0 radical (unpaired) electrons. The lowest BCUT2D eigenvalue weighted by atomic mass is 9.80. The molecule has 0 saturated heterocycles. The standard InChI is InChI=1S/C31H37N3O8/c1-20-27(30(35)39-4)29(22-12-11-13-23(18-22)34(37)38)28(21(2)32-20)31(36)40-17-10-6-5-9-16-33(3)26-19-41-24-14-7-8-15-25(24)42-26/h7-8,11-15,18,26,29,32H,5-6,9-10,16-17,19H2,1-4H3. The second-order valence-electron chi connectivity index (χ2n) is 10.3. The van der Waals surface area contributed by atoms with Crippen LogP contribution in [0.2, 0.25) is 0 Å². The van der Waals surface area contributed by atoms with E-state index >= 15 is 0 Å². The Morgan fingerprint density at radius 1 is 1.00 bits per heavy atom. The van der Waals surface area contributed by atoms with Gasteiger partial charge in [-0.2, -0.15) is 0 Å². The van der Waals surface area contributed by atoms with Crippen molar-refractivity contribution in [2.45, 2.75) is 51.7 Å². The maximum atomic E-state index is 13.4. The van der Waals surface area contributed by atoms with Gasteiger partial charge in [0.2, 0.25) is 0 Å². The van der Waals surface area contributed by atoms with Gasteiger partial charge < -0.3 is 24.3 Å². The number of non-ortho nitro benzene ring substituents is 1. The first-order valence-electron chi connectivity index (χ1n) is 14.0. The average molecular weight is 580 g/mol. The monoisotopic (exact) mass is 579 g/mol. The van der Waals surface area contributed by atoms with E-state index in [1.807, 2.05) is 31.3 Å². The number of fused-ring (bicyclic) bond motifs is 1. The minimum atomic E-state index is -0.875. The maximum Gasteiger partial charge on any atom is 0.336 e. The van der Waals surface area contributed by atoms with E-state index < -0.39 is 22.8 Å². The summed E-state index contributed by atoms with van der Waals surface area (Å²) in [7, 11) is 3.26. The third kappa shape index (κ3) is 7.09. The van der Waals surface area contributed by atoms with Gasteiger partial charge in [0.1, 0.15) is 6.61 Å². The lowest BCUT2D eigenvalue weighted by Crippen LogP contribution is -2.43. The second-order valence-corrected chi connectivity index (χ2v) is 10.3. The van der Waals surface area contributed by atoms with Crippen LogP contribution in [0, 0.1) is 10.1 Å². The summed E-state index contributed by atoms with van der Waals surface area (Å²) in [5, 5.41) is 14.5. The summed E-state index contributed by atoms with van der Waals surface area (Å²) >= 11 is 0. The lowest BCUT2D eigenvalue weighted by molar-refractivity contribution is -0.384. The largest absolute Gasteiger partial charge is 0.484 e. The highest BCUT2D eigenvalue weighted by Gasteiger charge is 2.38. The first kappa shape index (κ1) is 30.6. The number of esters is 2. The van der Waals surface area contributed by atoms with Crippen LogP contribution in [0.15, 0.2) is 71.1 Å². The molecule has 0 saturated carbocycles. The first-order valence-corrected chi connectivity index (χ1v) is 14.0. The molecular formula is C31H37N3O8. The number of nitrogens with one attached hydrogen (secondary N) is 1. The van der Waals surface area contributed by atoms with Crippen LogP contribution >= 0.6 is 0 Å². The number of nitro groups is 1. The molecule has 11 nitrogen and oxygen atoms in total. The number of rotatable bonds is 12. The van der Waals surface area contributed by atoms with Crippen LogP contribution in [0.4, 0.5) is 5.69 Å². The Balaban J connectivity index is 1.30. The molecular weight excluding hydrogens is 542 g/mol. The number of nitro benzene ring substituents is 1. The zero-order chi connectivity index (χ0) is 30.2. The minimum absolute atomic E-state index is 0.142. The number of para-hydroxylation sites is 2. The predicted octanol–water partition coefficient (Wildman–Crippen LogP) is 4.84. The molecule has 11 heteroatoms. The topological polar surface area (TPSA) is 129 Å². The van der Waals surface area contributed by atoms with Crippen molar-refractivity contribution in [3.8, 4) is 11.5 Å². The molecule has 2 unspecified atom stereocenters. The van der Waals surface area contributed by atoms with E-state index in [0.29, 0.717) is 30.0 Å². The number of methoxy groups -OCH3 is 1. The van der Waals surface area contributed by atoms with Crippen molar-refractivity contribution in [1.82, 2.24) is 10.2 Å². The van der Waals surface area contributed by atoms with Crippen LogP contribution in [-0.4, -0.2) is 61.9 Å². The summed E-state index contributed by atoms with van der Waals surface area (Å²) in [6, 6.07) is 13.5. The van der Waals surface area contributed by atoms with Crippen LogP contribution in [0.5, 0.6) is 11.5 Å². The van der Waals surface area contributed by atoms with Gasteiger partial charge in [-0.05, 0) is 51.4 Å². The van der Waals surface area contributed by atoms with Gasteiger partial charge in [-0.15, -0.1) is 0 Å². The third-order valence-corrected chi connectivity index (χ3v) is 7.42. The van der Waals surface area contributed by atoms with Gasteiger partial charge in [0.25, 0.3) is 5.69 Å². The SMILES string of the molecule is COC(=O)C1=C(C)NC(C)=C(C(=O)OCCCCCCN(C)C2COc3ccccc3O2)C1c1cccc([N+](=O)[O-])c1. The number of ether oxygens (including phenoxy) is 4. The van der Waals surface area contributed by atoms with Crippen molar-refractivity contribution in [3.63, 3.8) is 0 Å². The molecule has 0 aromatic heterocycles. The van der Waals surface area contributed by atoms with Crippen LogP contribution in [0.25, 0.3) is 0 Å². The number of hydrogen-bond donors (Lipinski definition) is 1. The highest BCUT2D eigenvalue weighted by molar-refractivity contribution is 5.99. The van der Waals surface area contributed by atoms with Crippen LogP contribution in [-0.2, 0) is 19.1 Å². The number of hydrogen-bond acceptors (Lipinski definition) is 10. The fourth-order valence-electron chi connectivity index (χ4n) is 5.23. The van der Waals surface area contributed by atoms with Crippen LogP contribution < -0.4 is 14.8 Å². The number of likely N-dealkylation sites (N-methyl/N-ethyl adjacent to an activating group) is 1. The van der Waals surface area contributed by atoms with Crippen molar-refractivity contribution in [3.05, 3.63) is 86.7 Å². The van der Waals surface area contributed by atoms with E-state index in [2.05, 4.69) is 10.2 Å². The Hall–Kier alpha value is -4.38. The zero-order valence-corrected chi connectivity index (χ0v) is 24.4. The van der Waals surface area contributed by atoms with Crippen molar-refractivity contribution >= 4 is 17.6 Å². The Labute approximate surface area is 245 Å². The number of dihydropyridines is 1. The van der Waals surface area contributed by atoms with Gasteiger partial charge in [-0.1, -0.05) is 37.1 Å². The van der Waals surface area contributed by atoms with Crippen molar-refractivity contribution in [2.75, 3.05) is 33.9 Å². The molecule has 2 heterocycles.